The van der Waals surface area contributed by atoms with Crippen LogP contribution >= 0.6 is 0 Å². The maximum absolute atomic E-state index is 11.7. The molecule has 4 aromatic rings. The van der Waals surface area contributed by atoms with Crippen molar-refractivity contribution in [2.45, 2.75) is 6.54 Å². The van der Waals surface area contributed by atoms with Gasteiger partial charge in [-0.05, 0) is 40.6 Å². The van der Waals surface area contributed by atoms with E-state index in [1.807, 2.05) is 18.2 Å². The number of fused-ring (bicyclic) bond motifs is 2. The molecule has 0 aliphatic carbocycles. The molecular weight excluding hydrogens is 302 g/mol. The van der Waals surface area contributed by atoms with E-state index in [4.69, 9.17) is 4.42 Å². The number of phenols is 1. The number of hydrogen-bond donors (Lipinski definition) is 2. The molecule has 4 nitrogen and oxygen atoms in total. The molecule has 0 aliphatic rings. The highest BCUT2D eigenvalue weighted by Gasteiger charge is 2.06. The Morgan fingerprint density at radius 2 is 1.75 bits per heavy atom. The lowest BCUT2D eigenvalue weighted by atomic mass is 10.1. The summed E-state index contributed by atoms with van der Waals surface area (Å²) in [5.41, 5.74) is 1.77. The van der Waals surface area contributed by atoms with Crippen molar-refractivity contribution in [1.29, 1.82) is 0 Å². The van der Waals surface area contributed by atoms with Crippen molar-refractivity contribution in [3.05, 3.63) is 82.7 Å². The van der Waals surface area contributed by atoms with Gasteiger partial charge in [0.25, 0.3) is 0 Å². The molecule has 0 saturated carbocycles. The highest BCUT2D eigenvalue weighted by atomic mass is 16.4. The monoisotopic (exact) mass is 317 g/mol. The molecule has 0 fully saturated rings. The summed E-state index contributed by atoms with van der Waals surface area (Å²) in [5.74, 6) is 0.0743. The first-order chi connectivity index (χ1) is 11.7. The number of hydrogen-bond acceptors (Lipinski definition) is 4. The minimum absolute atomic E-state index is 0.0743. The molecule has 0 spiro atoms. The first-order valence-electron chi connectivity index (χ1n) is 7.67. The molecule has 0 bridgehead atoms. The number of rotatable bonds is 3. The fourth-order valence-electron chi connectivity index (χ4n) is 2.86. The summed E-state index contributed by atoms with van der Waals surface area (Å²) in [4.78, 5) is 11.7. The number of nitrogens with one attached hydrogen (secondary N) is 1. The normalized spacial score (nSPS) is 11.0. The van der Waals surface area contributed by atoms with Gasteiger partial charge in [-0.15, -0.1) is 0 Å². The van der Waals surface area contributed by atoms with Crippen LogP contribution in [0.5, 0.6) is 5.75 Å². The van der Waals surface area contributed by atoms with Gasteiger partial charge in [0, 0.05) is 29.8 Å². The van der Waals surface area contributed by atoms with Crippen molar-refractivity contribution >= 4 is 27.4 Å². The molecule has 0 aliphatic heterocycles. The fraction of sp³-hybridized carbons (Fsp3) is 0.0500. The zero-order valence-electron chi connectivity index (χ0n) is 12.8. The number of anilines is 1. The van der Waals surface area contributed by atoms with Gasteiger partial charge in [0.15, 0.2) is 0 Å². The average molecular weight is 317 g/mol. The van der Waals surface area contributed by atoms with Crippen LogP contribution in [-0.4, -0.2) is 5.11 Å². The van der Waals surface area contributed by atoms with Crippen molar-refractivity contribution in [3.63, 3.8) is 0 Å². The van der Waals surface area contributed by atoms with Gasteiger partial charge in [-0.25, -0.2) is 4.79 Å². The zero-order valence-corrected chi connectivity index (χ0v) is 12.8. The van der Waals surface area contributed by atoms with Gasteiger partial charge in [0.05, 0.1) is 0 Å². The fourth-order valence-corrected chi connectivity index (χ4v) is 2.86. The predicted octanol–water partition coefficient (Wildman–Crippen LogP) is 4.26. The molecule has 4 rings (SSSR count). The minimum Gasteiger partial charge on any atom is -0.508 e. The molecule has 0 radical (unpaired) electrons. The van der Waals surface area contributed by atoms with Crippen molar-refractivity contribution in [2.75, 3.05) is 5.32 Å². The van der Waals surface area contributed by atoms with Crippen LogP contribution in [0.3, 0.4) is 0 Å². The second-order valence-corrected chi connectivity index (χ2v) is 5.69. The molecule has 0 unspecified atom stereocenters. The van der Waals surface area contributed by atoms with Crippen LogP contribution in [0.2, 0.25) is 0 Å². The van der Waals surface area contributed by atoms with E-state index in [1.54, 1.807) is 12.1 Å². The lowest BCUT2D eigenvalue weighted by Gasteiger charge is -2.10. The van der Waals surface area contributed by atoms with Crippen molar-refractivity contribution in [1.82, 2.24) is 0 Å². The first kappa shape index (κ1) is 14.3. The van der Waals surface area contributed by atoms with Gasteiger partial charge in [-0.3, -0.25) is 0 Å². The van der Waals surface area contributed by atoms with Crippen molar-refractivity contribution in [3.8, 4) is 5.75 Å². The first-order valence-corrected chi connectivity index (χ1v) is 7.67. The van der Waals surface area contributed by atoms with E-state index in [0.29, 0.717) is 12.1 Å². The average Bonchev–Trinajstić information content (AvgIpc) is 2.59. The van der Waals surface area contributed by atoms with Crippen LogP contribution in [0.25, 0.3) is 21.7 Å². The Morgan fingerprint density at radius 3 is 2.62 bits per heavy atom. The molecule has 0 amide bonds. The van der Waals surface area contributed by atoms with Gasteiger partial charge < -0.3 is 14.8 Å². The van der Waals surface area contributed by atoms with Crippen LogP contribution in [0.4, 0.5) is 5.69 Å². The Bertz CT molecular complexity index is 1100. The SMILES string of the molecule is O=c1cc(CNc2ccc3ccccc3c2)c2ccc(O)cc2o1. The molecule has 3 aromatic carbocycles. The lowest BCUT2D eigenvalue weighted by Crippen LogP contribution is -2.05. The van der Waals surface area contributed by atoms with Gasteiger partial charge in [0.1, 0.15) is 11.3 Å². The molecule has 24 heavy (non-hydrogen) atoms. The lowest BCUT2D eigenvalue weighted by molar-refractivity contribution is 0.473. The van der Waals surface area contributed by atoms with Crippen molar-refractivity contribution < 1.29 is 9.52 Å². The Morgan fingerprint density at radius 1 is 0.917 bits per heavy atom. The maximum atomic E-state index is 11.7. The summed E-state index contributed by atoms with van der Waals surface area (Å²) >= 11 is 0. The van der Waals surface area contributed by atoms with E-state index in [-0.39, 0.29) is 5.75 Å². The summed E-state index contributed by atoms with van der Waals surface area (Å²) in [6.45, 7) is 0.491. The second kappa shape index (κ2) is 5.74. The Balaban J connectivity index is 1.67. The van der Waals surface area contributed by atoms with Gasteiger partial charge >= 0.3 is 5.63 Å². The molecule has 118 valence electrons. The summed E-state index contributed by atoms with van der Waals surface area (Å²) in [5, 5.41) is 16.0. The number of phenolic OH excluding ortho intramolecular Hbond substituents is 1. The van der Waals surface area contributed by atoms with Gasteiger partial charge in [0.2, 0.25) is 0 Å². The maximum Gasteiger partial charge on any atom is 0.336 e. The van der Waals surface area contributed by atoms with Gasteiger partial charge in [-0.1, -0.05) is 30.3 Å². The van der Waals surface area contributed by atoms with E-state index in [9.17, 15) is 9.90 Å². The molecule has 4 heteroatoms. The predicted molar refractivity (Wildman–Crippen MR) is 95.4 cm³/mol. The molecule has 2 N–H and O–H groups in total. The quantitative estimate of drug-likeness (QED) is 0.554. The molecule has 0 atom stereocenters. The van der Waals surface area contributed by atoms with Gasteiger partial charge in [-0.2, -0.15) is 0 Å². The molecule has 1 heterocycles. The molecule has 0 saturated heterocycles. The van der Waals surface area contributed by atoms with E-state index in [0.717, 1.165) is 22.0 Å². The Kier molecular flexibility index (Phi) is 3.43. The highest BCUT2D eigenvalue weighted by Crippen LogP contribution is 2.23. The third kappa shape index (κ3) is 2.70. The smallest absolute Gasteiger partial charge is 0.336 e. The summed E-state index contributed by atoms with van der Waals surface area (Å²) in [6, 6.07) is 20.6. The zero-order chi connectivity index (χ0) is 16.5. The van der Waals surface area contributed by atoms with Crippen LogP contribution in [0, 0.1) is 0 Å². The molecular formula is C20H15NO3. The number of benzene rings is 3. The van der Waals surface area contributed by atoms with Crippen LogP contribution in [0.15, 0.2) is 75.9 Å². The van der Waals surface area contributed by atoms with Crippen LogP contribution < -0.4 is 10.9 Å². The summed E-state index contributed by atoms with van der Waals surface area (Å²) in [7, 11) is 0. The number of aromatic hydroxyl groups is 1. The highest BCUT2D eigenvalue weighted by molar-refractivity contribution is 5.86. The van der Waals surface area contributed by atoms with E-state index in [1.165, 1.54) is 17.5 Å². The van der Waals surface area contributed by atoms with E-state index in [2.05, 4.69) is 29.6 Å². The largest absolute Gasteiger partial charge is 0.508 e. The summed E-state index contributed by atoms with van der Waals surface area (Å²) < 4.78 is 5.15. The third-order valence-corrected chi connectivity index (χ3v) is 4.05. The standard InChI is InChI=1S/C20H15NO3/c22-17-7-8-18-15(10-20(23)24-19(18)11-17)12-21-16-6-5-13-3-1-2-4-14(13)9-16/h1-11,21-22H,12H2. The van der Waals surface area contributed by atoms with Crippen molar-refractivity contribution in [2.24, 2.45) is 0 Å². The topological polar surface area (TPSA) is 62.5 Å². The minimum atomic E-state index is -0.427. The molecule has 1 aromatic heterocycles. The van der Waals surface area contributed by atoms with E-state index >= 15 is 0 Å². The van der Waals surface area contributed by atoms with Crippen LogP contribution in [0.1, 0.15) is 5.56 Å². The second-order valence-electron chi connectivity index (χ2n) is 5.69. The third-order valence-electron chi connectivity index (χ3n) is 4.05. The Hall–Kier alpha value is -3.27. The van der Waals surface area contributed by atoms with E-state index < -0.39 is 5.63 Å². The Labute approximate surface area is 138 Å². The van der Waals surface area contributed by atoms with Crippen LogP contribution in [-0.2, 0) is 6.54 Å². The summed E-state index contributed by atoms with van der Waals surface area (Å²) in [6.07, 6.45) is 0.